The van der Waals surface area contributed by atoms with Gasteiger partial charge in [0.25, 0.3) is 0 Å². The first-order valence-electron chi connectivity index (χ1n) is 6.01. The van der Waals surface area contributed by atoms with E-state index in [1.54, 1.807) is 0 Å². The van der Waals surface area contributed by atoms with Crippen LogP contribution in [0.3, 0.4) is 0 Å². The predicted octanol–water partition coefficient (Wildman–Crippen LogP) is 5.54. The van der Waals surface area contributed by atoms with Crippen LogP contribution in [0.1, 0.15) is 20.9 Å². The fourth-order valence-corrected chi connectivity index (χ4v) is 6.44. The van der Waals surface area contributed by atoms with E-state index in [4.69, 9.17) is 0 Å². The zero-order chi connectivity index (χ0) is 12.4. The summed E-state index contributed by atoms with van der Waals surface area (Å²) in [6.07, 6.45) is 0. The van der Waals surface area contributed by atoms with Gasteiger partial charge in [-0.1, -0.05) is 0 Å². The monoisotopic (exact) mass is 291 g/mol. The molecule has 1 nitrogen and oxygen atoms in total. The lowest BCUT2D eigenvalue weighted by molar-refractivity contribution is 1.16. The molecule has 4 rings (SSSR count). The summed E-state index contributed by atoms with van der Waals surface area (Å²) < 4.78 is 2.94. The molecule has 0 unspecified atom stereocenters. The van der Waals surface area contributed by atoms with Crippen molar-refractivity contribution in [1.29, 1.82) is 0 Å². The maximum absolute atomic E-state index is 3.62. The molecule has 18 heavy (non-hydrogen) atoms. The minimum absolute atomic E-state index is 0.981. The van der Waals surface area contributed by atoms with E-state index < -0.39 is 0 Å². The molecule has 4 heterocycles. The lowest BCUT2D eigenvalue weighted by Gasteiger charge is -2.14. The molecule has 3 aromatic heterocycles. The number of hydrogen-bond acceptors (Lipinski definition) is 4. The second-order valence-corrected chi connectivity index (χ2v) is 8.31. The van der Waals surface area contributed by atoms with E-state index in [1.807, 2.05) is 34.0 Å². The summed E-state index contributed by atoms with van der Waals surface area (Å²) in [6, 6.07) is 2.32. The normalized spacial score (nSPS) is 13.5. The van der Waals surface area contributed by atoms with Gasteiger partial charge >= 0.3 is 0 Å². The highest BCUT2D eigenvalue weighted by Crippen LogP contribution is 2.52. The first-order valence-corrected chi connectivity index (χ1v) is 8.46. The van der Waals surface area contributed by atoms with Gasteiger partial charge in [-0.15, -0.1) is 34.0 Å². The molecule has 0 spiro atoms. The summed E-state index contributed by atoms with van der Waals surface area (Å²) in [7, 11) is 0. The molecule has 0 bridgehead atoms. The van der Waals surface area contributed by atoms with E-state index in [9.17, 15) is 0 Å². The van der Waals surface area contributed by atoms with E-state index in [-0.39, 0.29) is 0 Å². The molecule has 0 saturated heterocycles. The Balaban J connectivity index is 2.08. The number of rotatable bonds is 0. The van der Waals surface area contributed by atoms with Crippen molar-refractivity contribution in [2.75, 3.05) is 5.32 Å². The molecule has 0 amide bonds. The molecule has 92 valence electrons. The van der Waals surface area contributed by atoms with Crippen molar-refractivity contribution in [2.24, 2.45) is 0 Å². The second kappa shape index (κ2) is 3.59. The van der Waals surface area contributed by atoms with Gasteiger partial charge in [0, 0.05) is 16.3 Å². The Kier molecular flexibility index (Phi) is 2.20. The lowest BCUT2D eigenvalue weighted by Crippen LogP contribution is -2.03. The average Bonchev–Trinajstić information content (AvgIpc) is 2.94. The van der Waals surface area contributed by atoms with Gasteiger partial charge in [0.15, 0.2) is 0 Å². The van der Waals surface area contributed by atoms with Crippen LogP contribution in [0.2, 0.25) is 0 Å². The van der Waals surface area contributed by atoms with Crippen molar-refractivity contribution in [3.8, 4) is 9.75 Å². The Morgan fingerprint density at radius 3 is 2.67 bits per heavy atom. The molecule has 0 atom stereocenters. The van der Waals surface area contributed by atoms with E-state index in [2.05, 4.69) is 32.2 Å². The van der Waals surface area contributed by atoms with E-state index in [1.165, 1.54) is 45.7 Å². The van der Waals surface area contributed by atoms with E-state index in [0.29, 0.717) is 0 Å². The molecular weight excluding hydrogens is 278 g/mol. The molecule has 0 aromatic carbocycles. The molecule has 1 aliphatic rings. The summed E-state index contributed by atoms with van der Waals surface area (Å²) in [5, 5.41) is 3.62. The number of aryl methyl sites for hydroxylation is 3. The van der Waals surface area contributed by atoms with Crippen molar-refractivity contribution in [2.45, 2.75) is 27.3 Å². The Hall–Kier alpha value is -0.840. The second-order valence-electron chi connectivity index (χ2n) is 4.81. The van der Waals surface area contributed by atoms with Crippen molar-refractivity contribution >= 4 is 49.1 Å². The number of nitrogens with one attached hydrogen (secondary N) is 1. The molecule has 0 aliphatic carbocycles. The summed E-state index contributed by atoms with van der Waals surface area (Å²) in [5.41, 5.74) is 4.31. The number of hydrogen-bond donors (Lipinski definition) is 1. The van der Waals surface area contributed by atoms with Crippen LogP contribution in [-0.2, 0) is 6.54 Å². The van der Waals surface area contributed by atoms with E-state index >= 15 is 0 Å². The Labute approximate surface area is 118 Å². The van der Waals surface area contributed by atoms with Gasteiger partial charge in [-0.3, -0.25) is 0 Å². The van der Waals surface area contributed by atoms with Gasteiger partial charge < -0.3 is 5.32 Å². The maximum Gasteiger partial charge on any atom is 0.0722 e. The standard InChI is InChI=1S/C14H13NS3/c1-6-4-9-5-15-10-13-11(7(2)8(3)17-13)18-14(10)12(9)16-6/h4,15H,5H2,1-3H3. The van der Waals surface area contributed by atoms with Crippen molar-refractivity contribution in [3.63, 3.8) is 0 Å². The van der Waals surface area contributed by atoms with Crippen LogP contribution in [0.15, 0.2) is 6.07 Å². The molecule has 0 saturated carbocycles. The zero-order valence-corrected chi connectivity index (χ0v) is 13.0. The molecule has 3 aromatic rings. The fourth-order valence-electron chi connectivity index (χ4n) is 2.54. The number of thiophene rings is 3. The van der Waals surface area contributed by atoms with Crippen LogP contribution in [-0.4, -0.2) is 0 Å². The largest absolute Gasteiger partial charge is 0.379 e. The third-order valence-corrected chi connectivity index (χ3v) is 7.50. The van der Waals surface area contributed by atoms with Crippen molar-refractivity contribution in [3.05, 3.63) is 26.9 Å². The molecule has 1 N–H and O–H groups in total. The van der Waals surface area contributed by atoms with Gasteiger partial charge in [0.05, 0.1) is 24.8 Å². The van der Waals surface area contributed by atoms with Crippen LogP contribution < -0.4 is 5.32 Å². The van der Waals surface area contributed by atoms with Crippen LogP contribution >= 0.6 is 34.0 Å². The summed E-state index contributed by atoms with van der Waals surface area (Å²) in [4.78, 5) is 5.82. The topological polar surface area (TPSA) is 12.0 Å². The van der Waals surface area contributed by atoms with Gasteiger partial charge in [-0.25, -0.2) is 0 Å². The zero-order valence-electron chi connectivity index (χ0n) is 10.5. The molecular formula is C14H13NS3. The van der Waals surface area contributed by atoms with Crippen LogP contribution in [0, 0.1) is 20.8 Å². The minimum atomic E-state index is 0.981. The van der Waals surface area contributed by atoms with Crippen LogP contribution in [0.5, 0.6) is 0 Å². The van der Waals surface area contributed by atoms with Gasteiger partial charge in [0.1, 0.15) is 0 Å². The summed E-state index contributed by atoms with van der Waals surface area (Å²) in [6.45, 7) is 7.65. The average molecular weight is 291 g/mol. The highest BCUT2D eigenvalue weighted by molar-refractivity contribution is 7.32. The van der Waals surface area contributed by atoms with Gasteiger partial charge in [-0.2, -0.15) is 0 Å². The highest BCUT2D eigenvalue weighted by Gasteiger charge is 2.25. The number of fused-ring (bicyclic) bond motifs is 5. The summed E-state index contributed by atoms with van der Waals surface area (Å²) in [5.74, 6) is 0. The Morgan fingerprint density at radius 2 is 1.83 bits per heavy atom. The lowest BCUT2D eigenvalue weighted by atomic mass is 10.1. The molecule has 0 radical (unpaired) electrons. The van der Waals surface area contributed by atoms with Crippen LogP contribution in [0.25, 0.3) is 19.2 Å². The van der Waals surface area contributed by atoms with Gasteiger partial charge in [-0.05, 0) is 38.0 Å². The van der Waals surface area contributed by atoms with Crippen molar-refractivity contribution < 1.29 is 0 Å². The van der Waals surface area contributed by atoms with E-state index in [0.717, 1.165) is 6.54 Å². The van der Waals surface area contributed by atoms with Crippen LogP contribution in [0.4, 0.5) is 5.69 Å². The van der Waals surface area contributed by atoms with Crippen molar-refractivity contribution in [1.82, 2.24) is 0 Å². The fraction of sp³-hybridized carbons (Fsp3) is 0.286. The summed E-state index contributed by atoms with van der Waals surface area (Å²) >= 11 is 5.83. The molecule has 1 aliphatic heterocycles. The van der Waals surface area contributed by atoms with Gasteiger partial charge in [0.2, 0.25) is 0 Å². The third kappa shape index (κ3) is 1.31. The number of anilines is 1. The molecule has 0 fully saturated rings. The Bertz CT molecular complexity index is 773. The third-order valence-electron chi connectivity index (χ3n) is 3.58. The SMILES string of the molecule is Cc1cc2c(s1)-c1sc3c(C)c(C)sc3c1NC2. The Morgan fingerprint density at radius 1 is 1.00 bits per heavy atom. The predicted molar refractivity (Wildman–Crippen MR) is 84.6 cm³/mol. The smallest absolute Gasteiger partial charge is 0.0722 e. The highest BCUT2D eigenvalue weighted by atomic mass is 32.1. The first kappa shape index (κ1) is 11.0. The molecule has 4 heteroatoms. The first-order chi connectivity index (χ1) is 8.65. The quantitative estimate of drug-likeness (QED) is 0.573. The maximum atomic E-state index is 3.62. The minimum Gasteiger partial charge on any atom is -0.379 e.